The molecule has 0 aromatic heterocycles. The predicted molar refractivity (Wildman–Crippen MR) is 55.0 cm³/mol. The summed E-state index contributed by atoms with van der Waals surface area (Å²) in [4.78, 5) is 15.5. The summed E-state index contributed by atoms with van der Waals surface area (Å²) in [5, 5.41) is 8.92. The van der Waals surface area contributed by atoms with Crippen LogP contribution in [-0.4, -0.2) is 60.1 Å². The van der Waals surface area contributed by atoms with Gasteiger partial charge in [0, 0.05) is 19.1 Å². The maximum Gasteiger partial charge on any atom is 0.236 e. The normalized spacial score (nSPS) is 19.0. The molecular formula is C10H20N2O2. The number of rotatable bonds is 4. The Hall–Kier alpha value is -0.610. The van der Waals surface area contributed by atoms with Crippen molar-refractivity contribution in [2.24, 2.45) is 0 Å². The van der Waals surface area contributed by atoms with Gasteiger partial charge in [-0.1, -0.05) is 0 Å². The molecule has 0 spiro atoms. The molecule has 1 heterocycles. The molecule has 1 N–H and O–H groups in total. The second kappa shape index (κ2) is 5.32. The maximum absolute atomic E-state index is 11.7. The lowest BCUT2D eigenvalue weighted by Gasteiger charge is -2.24. The number of aliphatic hydroxyl groups is 1. The SMILES string of the molecule is CC(CO)N(C)CC(=O)N1CCCC1. The fourth-order valence-electron chi connectivity index (χ4n) is 1.58. The molecule has 1 saturated heterocycles. The fourth-order valence-corrected chi connectivity index (χ4v) is 1.58. The highest BCUT2D eigenvalue weighted by atomic mass is 16.3. The van der Waals surface area contributed by atoms with Gasteiger partial charge in [0.05, 0.1) is 13.2 Å². The van der Waals surface area contributed by atoms with Gasteiger partial charge in [0.25, 0.3) is 0 Å². The van der Waals surface area contributed by atoms with Crippen molar-refractivity contribution in [3.63, 3.8) is 0 Å². The first-order chi connectivity index (χ1) is 6.65. The topological polar surface area (TPSA) is 43.8 Å². The van der Waals surface area contributed by atoms with Gasteiger partial charge in [0.15, 0.2) is 0 Å². The van der Waals surface area contributed by atoms with E-state index in [0.717, 1.165) is 25.9 Å². The van der Waals surface area contributed by atoms with Gasteiger partial charge < -0.3 is 10.0 Å². The molecule has 1 aliphatic rings. The summed E-state index contributed by atoms with van der Waals surface area (Å²) < 4.78 is 0. The first-order valence-corrected chi connectivity index (χ1v) is 5.24. The highest BCUT2D eigenvalue weighted by Crippen LogP contribution is 2.08. The zero-order valence-electron chi connectivity index (χ0n) is 9.07. The van der Waals surface area contributed by atoms with Crippen molar-refractivity contribution in [1.82, 2.24) is 9.80 Å². The smallest absolute Gasteiger partial charge is 0.236 e. The van der Waals surface area contributed by atoms with Crippen molar-refractivity contribution in [3.05, 3.63) is 0 Å². The molecule has 1 unspecified atom stereocenters. The third kappa shape index (κ3) is 2.96. The summed E-state index contributed by atoms with van der Waals surface area (Å²) in [7, 11) is 1.87. The summed E-state index contributed by atoms with van der Waals surface area (Å²) in [6, 6.07) is 0.0570. The van der Waals surface area contributed by atoms with E-state index in [1.165, 1.54) is 0 Å². The van der Waals surface area contributed by atoms with Gasteiger partial charge in [-0.15, -0.1) is 0 Å². The number of hydrogen-bond acceptors (Lipinski definition) is 3. The molecule has 1 rings (SSSR count). The van der Waals surface area contributed by atoms with Crippen LogP contribution >= 0.6 is 0 Å². The number of likely N-dealkylation sites (tertiary alicyclic amines) is 1. The minimum Gasteiger partial charge on any atom is -0.395 e. The van der Waals surface area contributed by atoms with E-state index in [4.69, 9.17) is 5.11 Å². The van der Waals surface area contributed by atoms with E-state index in [2.05, 4.69) is 0 Å². The van der Waals surface area contributed by atoms with Gasteiger partial charge in [0.2, 0.25) is 5.91 Å². The number of likely N-dealkylation sites (N-methyl/N-ethyl adjacent to an activating group) is 1. The Bertz CT molecular complexity index is 191. The summed E-state index contributed by atoms with van der Waals surface area (Å²) in [5.41, 5.74) is 0. The lowest BCUT2D eigenvalue weighted by molar-refractivity contribution is -0.131. The largest absolute Gasteiger partial charge is 0.395 e. The lowest BCUT2D eigenvalue weighted by atomic mass is 10.3. The van der Waals surface area contributed by atoms with E-state index in [0.29, 0.717) is 6.54 Å². The Kier molecular flexibility index (Phi) is 4.35. The van der Waals surface area contributed by atoms with Crippen molar-refractivity contribution < 1.29 is 9.90 Å². The Labute approximate surface area is 85.5 Å². The van der Waals surface area contributed by atoms with E-state index in [9.17, 15) is 4.79 Å². The van der Waals surface area contributed by atoms with Crippen LogP contribution in [0.25, 0.3) is 0 Å². The van der Waals surface area contributed by atoms with Gasteiger partial charge in [0.1, 0.15) is 0 Å². The van der Waals surface area contributed by atoms with Gasteiger partial charge >= 0.3 is 0 Å². The van der Waals surface area contributed by atoms with Crippen LogP contribution in [0.2, 0.25) is 0 Å². The minimum absolute atomic E-state index is 0.0570. The van der Waals surface area contributed by atoms with E-state index in [-0.39, 0.29) is 18.6 Å². The molecule has 0 bridgehead atoms. The zero-order valence-corrected chi connectivity index (χ0v) is 9.07. The van der Waals surface area contributed by atoms with Crippen molar-refractivity contribution in [2.45, 2.75) is 25.8 Å². The lowest BCUT2D eigenvalue weighted by Crippen LogP contribution is -2.41. The molecule has 1 fully saturated rings. The van der Waals surface area contributed by atoms with Crippen molar-refractivity contribution in [2.75, 3.05) is 33.3 Å². The third-order valence-electron chi connectivity index (χ3n) is 2.86. The Morgan fingerprint density at radius 2 is 2.07 bits per heavy atom. The number of aliphatic hydroxyl groups excluding tert-OH is 1. The molecule has 14 heavy (non-hydrogen) atoms. The summed E-state index contributed by atoms with van der Waals surface area (Å²) >= 11 is 0. The molecule has 4 nitrogen and oxygen atoms in total. The molecule has 0 aromatic rings. The van der Waals surface area contributed by atoms with E-state index >= 15 is 0 Å². The van der Waals surface area contributed by atoms with Gasteiger partial charge in [-0.05, 0) is 26.8 Å². The van der Waals surface area contributed by atoms with Crippen LogP contribution in [0.3, 0.4) is 0 Å². The van der Waals surface area contributed by atoms with Crippen molar-refractivity contribution >= 4 is 5.91 Å². The summed E-state index contributed by atoms with van der Waals surface area (Å²) in [6.07, 6.45) is 2.26. The number of carbonyl (C=O) groups is 1. The zero-order chi connectivity index (χ0) is 10.6. The average molecular weight is 200 g/mol. The molecular weight excluding hydrogens is 180 g/mol. The van der Waals surface area contributed by atoms with Crippen molar-refractivity contribution in [3.8, 4) is 0 Å². The highest BCUT2D eigenvalue weighted by molar-refractivity contribution is 5.78. The second-order valence-electron chi connectivity index (χ2n) is 4.03. The van der Waals surface area contributed by atoms with Crippen LogP contribution < -0.4 is 0 Å². The third-order valence-corrected chi connectivity index (χ3v) is 2.86. The van der Waals surface area contributed by atoms with Crippen LogP contribution in [0.4, 0.5) is 0 Å². The van der Waals surface area contributed by atoms with Crippen LogP contribution in [0, 0.1) is 0 Å². The molecule has 0 saturated carbocycles. The van der Waals surface area contributed by atoms with Crippen molar-refractivity contribution in [1.29, 1.82) is 0 Å². The number of amides is 1. The molecule has 1 amide bonds. The van der Waals surface area contributed by atoms with Crippen LogP contribution in [0.1, 0.15) is 19.8 Å². The molecule has 0 aliphatic carbocycles. The van der Waals surface area contributed by atoms with Crippen LogP contribution in [0.15, 0.2) is 0 Å². The second-order valence-corrected chi connectivity index (χ2v) is 4.03. The highest BCUT2D eigenvalue weighted by Gasteiger charge is 2.20. The molecule has 82 valence electrons. The average Bonchev–Trinajstić information content (AvgIpc) is 2.69. The van der Waals surface area contributed by atoms with Gasteiger partial charge in [-0.2, -0.15) is 0 Å². The standard InChI is InChI=1S/C10H20N2O2/c1-9(8-13)11(2)7-10(14)12-5-3-4-6-12/h9,13H,3-8H2,1-2H3. The summed E-state index contributed by atoms with van der Waals surface area (Å²) in [6.45, 7) is 4.24. The number of nitrogens with zero attached hydrogens (tertiary/aromatic N) is 2. The Morgan fingerprint density at radius 3 is 2.57 bits per heavy atom. The Morgan fingerprint density at radius 1 is 1.50 bits per heavy atom. The van der Waals surface area contributed by atoms with E-state index < -0.39 is 0 Å². The monoisotopic (exact) mass is 200 g/mol. The van der Waals surface area contributed by atoms with Gasteiger partial charge in [-0.3, -0.25) is 9.69 Å². The molecule has 1 atom stereocenters. The molecule has 0 aromatic carbocycles. The minimum atomic E-state index is 0.0570. The molecule has 1 aliphatic heterocycles. The first-order valence-electron chi connectivity index (χ1n) is 5.24. The van der Waals surface area contributed by atoms with E-state index in [1.54, 1.807) is 0 Å². The molecule has 4 heteroatoms. The predicted octanol–water partition coefficient (Wildman–Crippen LogP) is -0.0786. The number of hydrogen-bond donors (Lipinski definition) is 1. The van der Waals surface area contributed by atoms with E-state index in [1.807, 2.05) is 23.8 Å². The first kappa shape index (κ1) is 11.5. The maximum atomic E-state index is 11.7. The molecule has 0 radical (unpaired) electrons. The van der Waals surface area contributed by atoms with Crippen LogP contribution in [-0.2, 0) is 4.79 Å². The Balaban J connectivity index is 2.31. The van der Waals surface area contributed by atoms with Gasteiger partial charge in [-0.25, -0.2) is 0 Å². The fraction of sp³-hybridized carbons (Fsp3) is 0.900. The van der Waals surface area contributed by atoms with Crippen LogP contribution in [0.5, 0.6) is 0 Å². The number of carbonyl (C=O) groups excluding carboxylic acids is 1. The quantitative estimate of drug-likeness (QED) is 0.690. The summed E-state index contributed by atoms with van der Waals surface area (Å²) in [5.74, 6) is 0.185.